The Labute approximate surface area is 102 Å². The first-order valence-electron chi connectivity index (χ1n) is 4.68. The number of H-pyrrole nitrogens is 1. The van der Waals surface area contributed by atoms with E-state index in [-0.39, 0.29) is 6.61 Å². The number of aromatic nitrogens is 3. The highest BCUT2D eigenvalue weighted by molar-refractivity contribution is 7.98. The predicted molar refractivity (Wildman–Crippen MR) is 66.5 cm³/mol. The number of rotatable bonds is 3. The molecule has 0 aliphatic carbocycles. The lowest BCUT2D eigenvalue weighted by Gasteiger charge is -2.05. The van der Waals surface area contributed by atoms with Crippen LogP contribution in [-0.4, -0.2) is 26.1 Å². The van der Waals surface area contributed by atoms with Crippen molar-refractivity contribution in [3.63, 3.8) is 0 Å². The molecule has 2 rings (SSSR count). The van der Waals surface area contributed by atoms with E-state index < -0.39 is 0 Å². The third kappa shape index (κ3) is 2.04. The molecule has 0 saturated carbocycles. The van der Waals surface area contributed by atoms with Crippen molar-refractivity contribution in [3.05, 3.63) is 34.9 Å². The van der Waals surface area contributed by atoms with Gasteiger partial charge in [0.05, 0.1) is 0 Å². The van der Waals surface area contributed by atoms with E-state index in [4.69, 9.17) is 17.3 Å². The molecule has 0 fully saturated rings. The van der Waals surface area contributed by atoms with Crippen LogP contribution >= 0.6 is 24.0 Å². The van der Waals surface area contributed by atoms with E-state index in [0.29, 0.717) is 10.6 Å². The molecule has 0 amide bonds. The number of nitrogens with one attached hydrogen (secondary N) is 1. The van der Waals surface area contributed by atoms with Crippen molar-refractivity contribution in [3.8, 4) is 5.69 Å². The molecule has 0 atom stereocenters. The molecule has 1 aromatic carbocycles. The van der Waals surface area contributed by atoms with Gasteiger partial charge in [-0.3, -0.25) is 9.67 Å². The van der Waals surface area contributed by atoms with Crippen molar-refractivity contribution in [2.75, 3.05) is 6.26 Å². The Bertz CT molecular complexity index is 530. The van der Waals surface area contributed by atoms with Crippen molar-refractivity contribution < 1.29 is 5.11 Å². The molecule has 1 aromatic heterocycles. The minimum absolute atomic E-state index is 0.141. The van der Waals surface area contributed by atoms with Crippen LogP contribution in [0.25, 0.3) is 5.69 Å². The zero-order valence-electron chi connectivity index (χ0n) is 8.67. The first-order chi connectivity index (χ1) is 7.76. The summed E-state index contributed by atoms with van der Waals surface area (Å²) in [6, 6.07) is 7.93. The summed E-state index contributed by atoms with van der Waals surface area (Å²) in [6.07, 6.45) is 2.03. The van der Waals surface area contributed by atoms with E-state index in [1.54, 1.807) is 16.3 Å². The molecule has 0 aliphatic rings. The number of aromatic amines is 1. The lowest BCUT2D eigenvalue weighted by atomic mass is 10.3. The number of benzene rings is 1. The van der Waals surface area contributed by atoms with Gasteiger partial charge in [0.1, 0.15) is 6.61 Å². The Kier molecular flexibility index (Phi) is 3.42. The summed E-state index contributed by atoms with van der Waals surface area (Å²) >= 11 is 6.79. The van der Waals surface area contributed by atoms with Crippen LogP contribution in [0.4, 0.5) is 0 Å². The van der Waals surface area contributed by atoms with Gasteiger partial charge in [-0.15, -0.1) is 11.8 Å². The van der Waals surface area contributed by atoms with Gasteiger partial charge in [-0.25, -0.2) is 0 Å². The highest BCUT2D eigenvalue weighted by Gasteiger charge is 2.06. The quantitative estimate of drug-likeness (QED) is 0.650. The maximum atomic E-state index is 9.14. The lowest BCUT2D eigenvalue weighted by molar-refractivity contribution is 0.269. The molecular formula is C10H11N3OS2. The van der Waals surface area contributed by atoms with Gasteiger partial charge in [0.2, 0.25) is 0 Å². The van der Waals surface area contributed by atoms with Crippen LogP contribution in [0.2, 0.25) is 0 Å². The van der Waals surface area contributed by atoms with E-state index in [9.17, 15) is 0 Å². The molecule has 2 N–H and O–H groups in total. The third-order valence-corrected chi connectivity index (χ3v) is 3.23. The smallest absolute Gasteiger partial charge is 0.199 e. The molecule has 1 heterocycles. The minimum atomic E-state index is -0.141. The maximum Gasteiger partial charge on any atom is 0.199 e. The van der Waals surface area contributed by atoms with Crippen LogP contribution in [0.15, 0.2) is 29.2 Å². The minimum Gasteiger partial charge on any atom is -0.388 e. The largest absolute Gasteiger partial charge is 0.388 e. The second-order valence-corrected chi connectivity index (χ2v) is 4.40. The normalized spacial score (nSPS) is 10.6. The first-order valence-corrected chi connectivity index (χ1v) is 6.31. The SMILES string of the molecule is CSc1ccc(-n2c(CO)n[nH]c2=S)cc1. The molecule has 0 unspecified atom stereocenters. The molecule has 2 aromatic rings. The first kappa shape index (κ1) is 11.4. The van der Waals surface area contributed by atoms with Crippen LogP contribution < -0.4 is 0 Å². The standard InChI is InChI=1S/C10H11N3OS2/c1-16-8-4-2-7(3-5-8)13-9(6-14)11-12-10(13)15/h2-5,14H,6H2,1H3,(H,12,15). The molecule has 16 heavy (non-hydrogen) atoms. The van der Waals surface area contributed by atoms with Gasteiger partial charge in [0.15, 0.2) is 10.6 Å². The van der Waals surface area contributed by atoms with Gasteiger partial charge in [0, 0.05) is 10.6 Å². The molecule has 0 aliphatic heterocycles. The molecule has 0 bridgehead atoms. The monoisotopic (exact) mass is 253 g/mol. The van der Waals surface area contributed by atoms with Gasteiger partial charge in [-0.2, -0.15) is 5.10 Å². The lowest BCUT2D eigenvalue weighted by Crippen LogP contribution is -2.00. The molecule has 6 heteroatoms. The van der Waals surface area contributed by atoms with Crippen molar-refractivity contribution in [2.45, 2.75) is 11.5 Å². The Morgan fingerprint density at radius 3 is 2.69 bits per heavy atom. The number of nitrogens with zero attached hydrogens (tertiary/aromatic N) is 2. The molecule has 4 nitrogen and oxygen atoms in total. The summed E-state index contributed by atoms with van der Waals surface area (Å²) in [4.78, 5) is 1.18. The van der Waals surface area contributed by atoms with Gasteiger partial charge in [-0.1, -0.05) is 0 Å². The fraction of sp³-hybridized carbons (Fsp3) is 0.200. The molecule has 0 spiro atoms. The molecular weight excluding hydrogens is 242 g/mol. The van der Waals surface area contributed by atoms with Gasteiger partial charge in [0.25, 0.3) is 0 Å². The average Bonchev–Trinajstić information content (AvgIpc) is 2.70. The van der Waals surface area contributed by atoms with Crippen molar-refractivity contribution >= 4 is 24.0 Å². The summed E-state index contributed by atoms with van der Waals surface area (Å²) < 4.78 is 2.21. The van der Waals surface area contributed by atoms with Crippen LogP contribution in [0.5, 0.6) is 0 Å². The van der Waals surface area contributed by atoms with Crippen molar-refractivity contribution in [1.29, 1.82) is 0 Å². The number of hydrogen-bond acceptors (Lipinski definition) is 4. The zero-order valence-corrected chi connectivity index (χ0v) is 10.3. The summed E-state index contributed by atoms with van der Waals surface area (Å²) in [6.45, 7) is -0.141. The van der Waals surface area contributed by atoms with Crippen molar-refractivity contribution in [1.82, 2.24) is 14.8 Å². The summed E-state index contributed by atoms with van der Waals surface area (Å²) in [5.74, 6) is 0.516. The van der Waals surface area contributed by atoms with E-state index in [1.165, 1.54) is 4.90 Å². The third-order valence-electron chi connectivity index (χ3n) is 2.21. The van der Waals surface area contributed by atoms with Gasteiger partial charge in [-0.05, 0) is 42.7 Å². The van der Waals surface area contributed by atoms with Crippen molar-refractivity contribution in [2.24, 2.45) is 0 Å². The Balaban J connectivity index is 2.49. The maximum absolute atomic E-state index is 9.14. The number of thioether (sulfide) groups is 1. The van der Waals surface area contributed by atoms with E-state index in [0.717, 1.165) is 5.69 Å². The zero-order chi connectivity index (χ0) is 11.5. The van der Waals surface area contributed by atoms with E-state index >= 15 is 0 Å². The number of aliphatic hydroxyl groups excluding tert-OH is 1. The van der Waals surface area contributed by atoms with Gasteiger partial charge >= 0.3 is 0 Å². The Morgan fingerprint density at radius 1 is 1.44 bits per heavy atom. The highest BCUT2D eigenvalue weighted by atomic mass is 32.2. The van der Waals surface area contributed by atoms with Crippen LogP contribution in [-0.2, 0) is 6.61 Å². The van der Waals surface area contributed by atoms with Crippen LogP contribution in [0.3, 0.4) is 0 Å². The summed E-state index contributed by atoms with van der Waals surface area (Å²) in [5.41, 5.74) is 0.903. The Morgan fingerprint density at radius 2 is 2.12 bits per heavy atom. The predicted octanol–water partition coefficient (Wildman–Crippen LogP) is 2.14. The molecule has 0 saturated heterocycles. The summed E-state index contributed by atoms with van der Waals surface area (Å²) in [7, 11) is 0. The number of aliphatic hydroxyl groups is 1. The average molecular weight is 253 g/mol. The second-order valence-electron chi connectivity index (χ2n) is 3.14. The topological polar surface area (TPSA) is 53.8 Å². The second kappa shape index (κ2) is 4.82. The Hall–Kier alpha value is -1.11. The fourth-order valence-corrected chi connectivity index (χ4v) is 2.10. The number of hydrogen-bond donors (Lipinski definition) is 2. The molecule has 84 valence electrons. The van der Waals surface area contributed by atoms with Crippen LogP contribution in [0, 0.1) is 4.77 Å². The van der Waals surface area contributed by atoms with Crippen LogP contribution in [0.1, 0.15) is 5.82 Å². The fourth-order valence-electron chi connectivity index (χ4n) is 1.43. The van der Waals surface area contributed by atoms with E-state index in [2.05, 4.69) is 10.2 Å². The van der Waals surface area contributed by atoms with E-state index in [1.807, 2.05) is 30.5 Å². The molecule has 0 radical (unpaired) electrons. The highest BCUT2D eigenvalue weighted by Crippen LogP contribution is 2.18. The van der Waals surface area contributed by atoms with Gasteiger partial charge < -0.3 is 5.11 Å². The summed E-state index contributed by atoms with van der Waals surface area (Å²) in [5, 5.41) is 15.7.